The Morgan fingerprint density at radius 2 is 0.905 bits per heavy atom. The van der Waals surface area contributed by atoms with Gasteiger partial charge in [-0.3, -0.25) is 10.6 Å². The first-order chi connectivity index (χ1) is 20.4. The molecule has 0 aliphatic carbocycles. The summed E-state index contributed by atoms with van der Waals surface area (Å²) in [7, 11) is 8.95. The molecular weight excluding hydrogens is 548 g/mol. The number of carbonyl (C=O) groups is 2. The van der Waals surface area contributed by atoms with Gasteiger partial charge in [-0.1, -0.05) is 11.8 Å². The monoisotopic (exact) mass is 584 g/mol. The Labute approximate surface area is 245 Å². The molecule has 0 aliphatic rings. The summed E-state index contributed by atoms with van der Waals surface area (Å²) in [5, 5.41) is 5.25. The molecule has 2 N–H and O–H groups in total. The van der Waals surface area contributed by atoms with Gasteiger partial charge in [-0.25, -0.2) is 9.59 Å². The summed E-state index contributed by atoms with van der Waals surface area (Å²) >= 11 is 0. The molecule has 12 heteroatoms. The number of carbonyl (C=O) groups excluding carboxylic acids is 2. The van der Waals surface area contributed by atoms with Crippen molar-refractivity contribution in [2.45, 2.75) is 25.7 Å². The zero-order valence-corrected chi connectivity index (χ0v) is 24.6. The lowest BCUT2D eigenvalue weighted by Crippen LogP contribution is -2.14. The van der Waals surface area contributed by atoms with E-state index in [1.165, 1.54) is 42.7 Å². The molecule has 0 aromatic heterocycles. The average Bonchev–Trinajstić information content (AvgIpc) is 3.00. The number of unbranched alkanes of at least 4 members (excludes halogenated alkanes) is 2. The van der Waals surface area contributed by atoms with Crippen LogP contribution in [0.1, 0.15) is 25.7 Å². The lowest BCUT2D eigenvalue weighted by Gasteiger charge is -2.14. The van der Waals surface area contributed by atoms with Crippen LogP contribution in [0.3, 0.4) is 0 Å². The highest BCUT2D eigenvalue weighted by Crippen LogP contribution is 2.41. The van der Waals surface area contributed by atoms with Crippen molar-refractivity contribution in [3.63, 3.8) is 0 Å². The quantitative estimate of drug-likeness (QED) is 0.228. The molecule has 0 aliphatic heterocycles. The fourth-order valence-electron chi connectivity index (χ4n) is 3.48. The SMILES string of the molecule is COc1cc(NC(=O)OCCCC#CC#CCCCOC(=O)Nc2cc(OC)c(OC)c(OC)c2)cc(OC)c1OC. The molecule has 0 saturated carbocycles. The first-order valence-corrected chi connectivity index (χ1v) is 12.8. The standard InChI is InChI=1S/C30H36N2O10/c1-35-23-17-21(18-24(36-2)27(23)39-5)31-29(33)41-15-13-11-9-7-8-10-12-14-16-42-30(34)32-22-19-25(37-3)28(40-6)26(20-22)38-4/h17-20H,11-16H2,1-6H3,(H,31,33)(H,32,34). The van der Waals surface area contributed by atoms with Gasteiger partial charge in [-0.15, -0.1) is 0 Å². The molecule has 0 heterocycles. The van der Waals surface area contributed by atoms with Gasteiger partial charge in [0.25, 0.3) is 0 Å². The highest BCUT2D eigenvalue weighted by Gasteiger charge is 2.16. The summed E-state index contributed by atoms with van der Waals surface area (Å²) in [6.07, 6.45) is 0.887. The molecule has 0 radical (unpaired) electrons. The van der Waals surface area contributed by atoms with Crippen molar-refractivity contribution < 1.29 is 47.5 Å². The van der Waals surface area contributed by atoms with Crippen molar-refractivity contribution in [2.75, 3.05) is 66.5 Å². The van der Waals surface area contributed by atoms with Gasteiger partial charge in [0.05, 0.1) is 67.2 Å². The van der Waals surface area contributed by atoms with Crippen LogP contribution >= 0.6 is 0 Å². The smallest absolute Gasteiger partial charge is 0.411 e. The van der Waals surface area contributed by atoms with Gasteiger partial charge in [0, 0.05) is 37.1 Å². The molecule has 2 aromatic carbocycles. The largest absolute Gasteiger partial charge is 0.493 e. The van der Waals surface area contributed by atoms with Gasteiger partial charge in [0.1, 0.15) is 0 Å². The highest BCUT2D eigenvalue weighted by molar-refractivity contribution is 5.86. The lowest BCUT2D eigenvalue weighted by molar-refractivity contribution is 0.159. The highest BCUT2D eigenvalue weighted by atomic mass is 16.6. The fraction of sp³-hybridized carbons (Fsp3) is 0.400. The zero-order chi connectivity index (χ0) is 30.7. The second-order valence-electron chi connectivity index (χ2n) is 8.16. The van der Waals surface area contributed by atoms with Gasteiger partial charge < -0.3 is 37.9 Å². The molecule has 0 bridgehead atoms. The van der Waals surface area contributed by atoms with Crippen LogP contribution in [0.25, 0.3) is 0 Å². The van der Waals surface area contributed by atoms with E-state index in [9.17, 15) is 9.59 Å². The van der Waals surface area contributed by atoms with Crippen LogP contribution in [0, 0.1) is 23.7 Å². The Bertz CT molecular complexity index is 1170. The Hall–Kier alpha value is -5.10. The third kappa shape index (κ3) is 10.5. The number of hydrogen-bond donors (Lipinski definition) is 2. The summed E-state index contributed by atoms with van der Waals surface area (Å²) in [6, 6.07) is 6.41. The van der Waals surface area contributed by atoms with Crippen LogP contribution in [0.5, 0.6) is 34.5 Å². The molecule has 12 nitrogen and oxygen atoms in total. The van der Waals surface area contributed by atoms with E-state index < -0.39 is 12.2 Å². The summed E-state index contributed by atoms with van der Waals surface area (Å²) in [5.41, 5.74) is 0.878. The van der Waals surface area contributed by atoms with E-state index in [0.717, 1.165) is 0 Å². The second-order valence-corrected chi connectivity index (χ2v) is 8.16. The number of rotatable bonds is 14. The minimum absolute atomic E-state index is 0.188. The summed E-state index contributed by atoms with van der Waals surface area (Å²) in [5.74, 6) is 13.8. The van der Waals surface area contributed by atoms with E-state index in [1.54, 1.807) is 24.3 Å². The van der Waals surface area contributed by atoms with Crippen molar-refractivity contribution in [3.05, 3.63) is 24.3 Å². The van der Waals surface area contributed by atoms with Crippen molar-refractivity contribution in [2.24, 2.45) is 0 Å². The number of ether oxygens (including phenoxy) is 8. The Morgan fingerprint density at radius 1 is 0.571 bits per heavy atom. The zero-order valence-electron chi connectivity index (χ0n) is 24.6. The van der Waals surface area contributed by atoms with E-state index in [-0.39, 0.29) is 13.2 Å². The van der Waals surface area contributed by atoms with Crippen LogP contribution in [0.15, 0.2) is 24.3 Å². The number of amides is 2. The maximum absolute atomic E-state index is 12.1. The second kappa shape index (κ2) is 18.3. The molecule has 0 atom stereocenters. The van der Waals surface area contributed by atoms with Crippen molar-refractivity contribution in [1.82, 2.24) is 0 Å². The molecule has 2 rings (SSSR count). The molecule has 226 valence electrons. The molecule has 0 fully saturated rings. The van der Waals surface area contributed by atoms with Crippen molar-refractivity contribution >= 4 is 23.6 Å². The minimum Gasteiger partial charge on any atom is -0.493 e. The first kappa shape index (κ1) is 33.1. The van der Waals surface area contributed by atoms with Crippen LogP contribution in [0.2, 0.25) is 0 Å². The van der Waals surface area contributed by atoms with Gasteiger partial charge in [-0.05, 0) is 24.7 Å². The number of nitrogens with one attached hydrogen (secondary N) is 2. The van der Waals surface area contributed by atoms with Crippen LogP contribution in [0.4, 0.5) is 21.0 Å². The van der Waals surface area contributed by atoms with E-state index in [4.69, 9.17) is 37.9 Å². The Balaban J connectivity index is 1.63. The predicted molar refractivity (Wildman–Crippen MR) is 156 cm³/mol. The van der Waals surface area contributed by atoms with Gasteiger partial charge >= 0.3 is 12.2 Å². The van der Waals surface area contributed by atoms with Crippen LogP contribution < -0.4 is 39.1 Å². The molecule has 0 saturated heterocycles. The maximum atomic E-state index is 12.1. The first-order valence-electron chi connectivity index (χ1n) is 12.8. The van der Waals surface area contributed by atoms with E-state index in [2.05, 4.69) is 34.3 Å². The normalized spacial score (nSPS) is 9.57. The number of benzene rings is 2. The van der Waals surface area contributed by atoms with Gasteiger partial charge in [0.2, 0.25) is 11.5 Å². The molecular formula is C30H36N2O10. The van der Waals surface area contributed by atoms with Gasteiger partial charge in [0.15, 0.2) is 23.0 Å². The van der Waals surface area contributed by atoms with Crippen molar-refractivity contribution in [3.8, 4) is 58.2 Å². The fourth-order valence-corrected chi connectivity index (χ4v) is 3.48. The number of methoxy groups -OCH3 is 6. The van der Waals surface area contributed by atoms with Crippen LogP contribution in [-0.4, -0.2) is 68.1 Å². The van der Waals surface area contributed by atoms with Crippen molar-refractivity contribution in [1.29, 1.82) is 0 Å². The van der Waals surface area contributed by atoms with Crippen LogP contribution in [-0.2, 0) is 9.47 Å². The predicted octanol–water partition coefficient (Wildman–Crippen LogP) is 5.10. The molecule has 2 aromatic rings. The molecule has 0 unspecified atom stereocenters. The Morgan fingerprint density at radius 3 is 1.19 bits per heavy atom. The van der Waals surface area contributed by atoms with Gasteiger partial charge in [-0.2, -0.15) is 0 Å². The van der Waals surface area contributed by atoms with E-state index >= 15 is 0 Å². The summed E-state index contributed by atoms with van der Waals surface area (Å²) < 4.78 is 41.9. The molecule has 42 heavy (non-hydrogen) atoms. The summed E-state index contributed by atoms with van der Waals surface area (Å²) in [6.45, 7) is 0.377. The number of anilines is 2. The molecule has 0 spiro atoms. The van der Waals surface area contributed by atoms with E-state index in [0.29, 0.717) is 71.6 Å². The topological polar surface area (TPSA) is 132 Å². The minimum atomic E-state index is -0.614. The molecule has 2 amide bonds. The number of hydrogen-bond acceptors (Lipinski definition) is 10. The lowest BCUT2D eigenvalue weighted by atomic mass is 10.2. The third-order valence-electron chi connectivity index (χ3n) is 5.42. The van der Waals surface area contributed by atoms with E-state index in [1.807, 2.05) is 0 Å². The summed E-state index contributed by atoms with van der Waals surface area (Å²) in [4.78, 5) is 24.2. The maximum Gasteiger partial charge on any atom is 0.411 e. The third-order valence-corrected chi connectivity index (χ3v) is 5.42. The average molecular weight is 585 g/mol. The Kier molecular flexibility index (Phi) is 14.4.